The second-order valence-corrected chi connectivity index (χ2v) is 9.27. The van der Waals surface area contributed by atoms with Crippen LogP contribution in [0.2, 0.25) is 0 Å². The van der Waals surface area contributed by atoms with E-state index in [9.17, 15) is 19.6 Å². The molecule has 0 spiro atoms. The standard InChI is InChI=1S/C29H28N6O3/c30-16-17-33-21-26(36)34-25(35(33)29(38)31-18-22-10-4-1-5-11-22)20-32(19-23-12-6-2-7-13-23)28(37)27(34)24-14-8-3-9-15-24/h1-15,25,27H,17-21H2,(H,31,38)/t25?,27-/m0/s1. The minimum Gasteiger partial charge on any atom is -0.333 e. The summed E-state index contributed by atoms with van der Waals surface area (Å²) >= 11 is 0. The zero-order chi connectivity index (χ0) is 26.5. The Kier molecular flexibility index (Phi) is 7.33. The Balaban J connectivity index is 1.51. The van der Waals surface area contributed by atoms with E-state index in [4.69, 9.17) is 0 Å². The number of piperazine rings is 1. The lowest BCUT2D eigenvalue weighted by atomic mass is 9.98. The van der Waals surface area contributed by atoms with E-state index in [0.717, 1.165) is 11.1 Å². The third kappa shape index (κ3) is 5.08. The van der Waals surface area contributed by atoms with Crippen LogP contribution in [0.4, 0.5) is 4.79 Å². The van der Waals surface area contributed by atoms with Crippen molar-refractivity contribution in [3.05, 3.63) is 108 Å². The number of amides is 4. The van der Waals surface area contributed by atoms with Gasteiger partial charge >= 0.3 is 6.03 Å². The molecular formula is C29H28N6O3. The molecule has 0 radical (unpaired) electrons. The van der Waals surface area contributed by atoms with Crippen LogP contribution in [0.1, 0.15) is 22.7 Å². The minimum atomic E-state index is -0.889. The molecular weight excluding hydrogens is 480 g/mol. The number of rotatable bonds is 6. The molecule has 2 saturated heterocycles. The summed E-state index contributed by atoms with van der Waals surface area (Å²) in [5.74, 6) is -0.512. The summed E-state index contributed by atoms with van der Waals surface area (Å²) in [5, 5.41) is 15.3. The maximum absolute atomic E-state index is 13.9. The lowest BCUT2D eigenvalue weighted by Crippen LogP contribution is -2.74. The third-order valence-corrected chi connectivity index (χ3v) is 6.80. The van der Waals surface area contributed by atoms with Gasteiger partial charge in [-0.15, -0.1) is 0 Å². The average Bonchev–Trinajstić information content (AvgIpc) is 2.94. The van der Waals surface area contributed by atoms with Crippen LogP contribution in [0.25, 0.3) is 0 Å². The monoisotopic (exact) mass is 508 g/mol. The summed E-state index contributed by atoms with van der Waals surface area (Å²) in [6.07, 6.45) is -0.785. The zero-order valence-corrected chi connectivity index (χ0v) is 20.8. The quantitative estimate of drug-likeness (QED) is 0.516. The van der Waals surface area contributed by atoms with Gasteiger partial charge in [0.1, 0.15) is 18.8 Å². The Morgan fingerprint density at radius 2 is 1.50 bits per heavy atom. The van der Waals surface area contributed by atoms with Crippen molar-refractivity contribution in [2.24, 2.45) is 0 Å². The van der Waals surface area contributed by atoms with Crippen LogP contribution in [-0.2, 0) is 22.7 Å². The highest BCUT2D eigenvalue weighted by Gasteiger charge is 2.51. The van der Waals surface area contributed by atoms with Crippen molar-refractivity contribution in [1.29, 1.82) is 5.26 Å². The molecule has 192 valence electrons. The number of hydrazine groups is 1. The first kappa shape index (κ1) is 25.0. The molecule has 2 aliphatic heterocycles. The first-order chi connectivity index (χ1) is 18.6. The molecule has 3 aromatic rings. The van der Waals surface area contributed by atoms with Crippen molar-refractivity contribution in [1.82, 2.24) is 25.1 Å². The molecule has 9 heteroatoms. The van der Waals surface area contributed by atoms with Crippen molar-refractivity contribution in [2.45, 2.75) is 25.3 Å². The predicted molar refractivity (Wildman–Crippen MR) is 139 cm³/mol. The predicted octanol–water partition coefficient (Wildman–Crippen LogP) is 2.89. The van der Waals surface area contributed by atoms with Gasteiger partial charge in [-0.2, -0.15) is 10.3 Å². The van der Waals surface area contributed by atoms with Gasteiger partial charge in [-0.3, -0.25) is 9.59 Å². The van der Waals surface area contributed by atoms with Crippen molar-refractivity contribution >= 4 is 17.8 Å². The molecule has 3 aromatic carbocycles. The number of carbonyl (C=O) groups is 3. The number of hydrogen-bond donors (Lipinski definition) is 1. The first-order valence-corrected chi connectivity index (χ1v) is 12.5. The van der Waals surface area contributed by atoms with Crippen LogP contribution in [0.15, 0.2) is 91.0 Å². The van der Waals surface area contributed by atoms with Crippen LogP contribution in [0.5, 0.6) is 0 Å². The number of hydrogen-bond acceptors (Lipinski definition) is 5. The summed E-state index contributed by atoms with van der Waals surface area (Å²) in [7, 11) is 0. The molecule has 4 amide bonds. The SMILES string of the molecule is N#CCN1CC(=O)N2C(CN(Cc3ccccc3)C(=O)[C@@H]2c2ccccc2)N1C(=O)NCc1ccccc1. The molecule has 0 saturated carbocycles. The van der Waals surface area contributed by atoms with Crippen LogP contribution in [0.3, 0.4) is 0 Å². The second-order valence-electron chi connectivity index (χ2n) is 9.27. The van der Waals surface area contributed by atoms with Crippen LogP contribution in [0, 0.1) is 11.3 Å². The van der Waals surface area contributed by atoms with Gasteiger partial charge in [-0.1, -0.05) is 91.0 Å². The van der Waals surface area contributed by atoms with Gasteiger partial charge in [-0.25, -0.2) is 9.80 Å². The highest BCUT2D eigenvalue weighted by Crippen LogP contribution is 2.35. The molecule has 1 N–H and O–H groups in total. The highest BCUT2D eigenvalue weighted by molar-refractivity contribution is 5.92. The summed E-state index contributed by atoms with van der Waals surface area (Å²) in [6.45, 7) is 0.407. The molecule has 2 aliphatic rings. The van der Waals surface area contributed by atoms with Gasteiger partial charge in [0.05, 0.1) is 19.2 Å². The summed E-state index contributed by atoms with van der Waals surface area (Å²) in [4.78, 5) is 44.2. The largest absolute Gasteiger partial charge is 0.334 e. The highest BCUT2D eigenvalue weighted by atomic mass is 16.2. The van der Waals surface area contributed by atoms with Crippen LogP contribution in [-0.4, -0.2) is 63.5 Å². The van der Waals surface area contributed by atoms with Crippen LogP contribution >= 0.6 is 0 Å². The average molecular weight is 509 g/mol. The Bertz CT molecular complexity index is 1330. The maximum Gasteiger partial charge on any atom is 0.334 e. The van der Waals surface area contributed by atoms with Gasteiger partial charge in [0.25, 0.3) is 5.91 Å². The van der Waals surface area contributed by atoms with Crippen molar-refractivity contribution in [2.75, 3.05) is 19.6 Å². The fraction of sp³-hybridized carbons (Fsp3) is 0.241. The topological polar surface area (TPSA) is 100.0 Å². The van der Waals surface area contributed by atoms with E-state index in [-0.39, 0.29) is 38.0 Å². The lowest BCUT2D eigenvalue weighted by Gasteiger charge is -2.54. The van der Waals surface area contributed by atoms with Crippen molar-refractivity contribution in [3.8, 4) is 6.07 Å². The van der Waals surface area contributed by atoms with Crippen molar-refractivity contribution < 1.29 is 14.4 Å². The van der Waals surface area contributed by atoms with Crippen molar-refractivity contribution in [3.63, 3.8) is 0 Å². The molecule has 0 bridgehead atoms. The molecule has 0 aliphatic carbocycles. The molecule has 1 unspecified atom stereocenters. The Hall–Kier alpha value is -4.68. The fourth-order valence-electron chi connectivity index (χ4n) is 5.06. The van der Waals surface area contributed by atoms with Gasteiger partial charge in [0.15, 0.2) is 0 Å². The third-order valence-electron chi connectivity index (χ3n) is 6.80. The van der Waals surface area contributed by atoms with Gasteiger partial charge < -0.3 is 15.1 Å². The Labute approximate surface area is 221 Å². The minimum absolute atomic E-state index is 0.115. The lowest BCUT2D eigenvalue weighted by molar-refractivity contribution is -0.190. The van der Waals surface area contributed by atoms with E-state index in [1.165, 1.54) is 14.9 Å². The Morgan fingerprint density at radius 3 is 2.13 bits per heavy atom. The molecule has 38 heavy (non-hydrogen) atoms. The number of nitrogens with zero attached hydrogens (tertiary/aromatic N) is 5. The molecule has 0 aromatic heterocycles. The molecule has 5 rings (SSSR count). The molecule has 2 fully saturated rings. The second kappa shape index (κ2) is 11.2. The van der Waals surface area contributed by atoms with E-state index in [1.54, 1.807) is 4.90 Å². The van der Waals surface area contributed by atoms with Crippen LogP contribution < -0.4 is 5.32 Å². The Morgan fingerprint density at radius 1 is 0.895 bits per heavy atom. The maximum atomic E-state index is 13.9. The number of nitriles is 1. The van der Waals surface area contributed by atoms with E-state index >= 15 is 0 Å². The van der Waals surface area contributed by atoms with E-state index in [2.05, 4.69) is 11.4 Å². The molecule has 2 atom stereocenters. The summed E-state index contributed by atoms with van der Waals surface area (Å²) in [6, 6.07) is 29.0. The zero-order valence-electron chi connectivity index (χ0n) is 20.8. The first-order valence-electron chi connectivity index (χ1n) is 12.5. The molecule has 2 heterocycles. The molecule has 9 nitrogen and oxygen atoms in total. The summed E-state index contributed by atoms with van der Waals surface area (Å²) in [5.41, 5.74) is 2.54. The number of urea groups is 1. The van der Waals surface area contributed by atoms with Gasteiger partial charge in [-0.05, 0) is 16.7 Å². The normalized spacial score (nSPS) is 19.6. The smallest absolute Gasteiger partial charge is 0.333 e. The van der Waals surface area contributed by atoms with E-state index in [0.29, 0.717) is 12.1 Å². The summed E-state index contributed by atoms with van der Waals surface area (Å²) < 4.78 is 0. The number of carbonyl (C=O) groups excluding carboxylic acids is 3. The van der Waals surface area contributed by atoms with E-state index in [1.807, 2.05) is 91.0 Å². The number of nitrogens with one attached hydrogen (secondary N) is 1. The van der Waals surface area contributed by atoms with Gasteiger partial charge in [0, 0.05) is 13.1 Å². The fourth-order valence-corrected chi connectivity index (χ4v) is 5.06. The number of benzene rings is 3. The van der Waals surface area contributed by atoms with E-state index < -0.39 is 18.2 Å². The number of fused-ring (bicyclic) bond motifs is 1. The van der Waals surface area contributed by atoms with Gasteiger partial charge in [0.2, 0.25) is 5.91 Å².